The third-order valence-electron chi connectivity index (χ3n) is 3.64. The van der Waals surface area contributed by atoms with Gasteiger partial charge in [0.2, 0.25) is 0 Å². The first-order chi connectivity index (χ1) is 12.2. The molecule has 6 heteroatoms. The van der Waals surface area contributed by atoms with Gasteiger partial charge in [0.1, 0.15) is 11.4 Å². The number of ether oxygens (including phenoxy) is 1. The Labute approximate surface area is 145 Å². The highest BCUT2D eigenvalue weighted by Gasteiger charge is 2.17. The number of carbonyl (C=O) groups is 1. The van der Waals surface area contributed by atoms with Crippen LogP contribution in [0, 0.1) is 0 Å². The highest BCUT2D eigenvalue weighted by atomic mass is 16.5. The number of hydrogen-bond acceptors (Lipinski definition) is 4. The minimum atomic E-state index is -0.301. The number of aliphatic imine (C=N–C) groups is 1. The van der Waals surface area contributed by atoms with Crippen LogP contribution in [0.4, 0.5) is 11.4 Å². The number of benzene rings is 2. The molecule has 0 aliphatic carbocycles. The van der Waals surface area contributed by atoms with Crippen molar-refractivity contribution in [3.63, 3.8) is 0 Å². The van der Waals surface area contributed by atoms with Gasteiger partial charge in [-0.15, -0.1) is 0 Å². The largest absolute Gasteiger partial charge is 0.495 e. The Bertz CT molecular complexity index is 901. The molecule has 0 fully saturated rings. The molecule has 1 heterocycles. The third kappa shape index (κ3) is 3.74. The van der Waals surface area contributed by atoms with Crippen LogP contribution in [-0.2, 0) is 7.05 Å². The number of hydrogen-bond donors (Lipinski definition) is 1. The van der Waals surface area contributed by atoms with Crippen LogP contribution in [0.25, 0.3) is 0 Å². The minimum Gasteiger partial charge on any atom is -0.495 e. The standard InChI is InChI=1S/C19H18N4O2/c1-23-18(19(24)22-15-10-6-7-11-17(15)25-2)16(13-21-23)20-12-14-8-4-3-5-9-14/h3-13H,1-2H3,(H,22,24). The fourth-order valence-corrected chi connectivity index (χ4v) is 2.40. The number of rotatable bonds is 5. The Kier molecular flexibility index (Phi) is 4.89. The zero-order valence-corrected chi connectivity index (χ0v) is 14.0. The van der Waals surface area contributed by atoms with E-state index in [4.69, 9.17) is 4.74 Å². The van der Waals surface area contributed by atoms with Crippen LogP contribution in [0.2, 0.25) is 0 Å². The van der Waals surface area contributed by atoms with Gasteiger partial charge in [-0.25, -0.2) is 0 Å². The first-order valence-electron chi connectivity index (χ1n) is 7.74. The number of nitrogens with zero attached hydrogens (tertiary/aromatic N) is 3. The van der Waals surface area contributed by atoms with E-state index in [1.54, 1.807) is 38.7 Å². The summed E-state index contributed by atoms with van der Waals surface area (Å²) >= 11 is 0. The summed E-state index contributed by atoms with van der Waals surface area (Å²) in [6.45, 7) is 0. The molecule has 3 rings (SSSR count). The summed E-state index contributed by atoms with van der Waals surface area (Å²) in [5.41, 5.74) is 2.41. The average Bonchev–Trinajstić information content (AvgIpc) is 3.02. The van der Waals surface area contributed by atoms with Gasteiger partial charge in [-0.1, -0.05) is 42.5 Å². The highest BCUT2D eigenvalue weighted by molar-refractivity contribution is 6.07. The summed E-state index contributed by atoms with van der Waals surface area (Å²) in [5, 5.41) is 6.99. The van der Waals surface area contributed by atoms with Crippen molar-refractivity contribution in [1.82, 2.24) is 9.78 Å². The summed E-state index contributed by atoms with van der Waals surface area (Å²) in [5.74, 6) is 0.289. The molecule has 126 valence electrons. The van der Waals surface area contributed by atoms with Gasteiger partial charge in [0.25, 0.3) is 5.91 Å². The van der Waals surface area contributed by atoms with Gasteiger partial charge in [-0.2, -0.15) is 5.10 Å². The lowest BCUT2D eigenvalue weighted by Crippen LogP contribution is -2.16. The number of para-hydroxylation sites is 2. The Morgan fingerprint density at radius 2 is 1.88 bits per heavy atom. The minimum absolute atomic E-state index is 0.301. The van der Waals surface area contributed by atoms with Gasteiger partial charge in [0.15, 0.2) is 5.69 Å². The maximum absolute atomic E-state index is 12.7. The molecular formula is C19H18N4O2. The van der Waals surface area contributed by atoms with Gasteiger partial charge in [-0.3, -0.25) is 14.5 Å². The summed E-state index contributed by atoms with van der Waals surface area (Å²) in [4.78, 5) is 17.1. The SMILES string of the molecule is COc1ccccc1NC(=O)c1c(N=Cc2ccccc2)cnn1C. The maximum atomic E-state index is 12.7. The van der Waals surface area contributed by atoms with Crippen molar-refractivity contribution in [2.75, 3.05) is 12.4 Å². The lowest BCUT2D eigenvalue weighted by Gasteiger charge is -2.10. The van der Waals surface area contributed by atoms with E-state index in [1.165, 1.54) is 4.68 Å². The normalized spacial score (nSPS) is 10.8. The van der Waals surface area contributed by atoms with Crippen LogP contribution in [0.3, 0.4) is 0 Å². The molecule has 2 aromatic carbocycles. The number of amides is 1. The average molecular weight is 334 g/mol. The zero-order valence-electron chi connectivity index (χ0n) is 14.0. The molecule has 0 aliphatic heterocycles. The van der Waals surface area contributed by atoms with Crippen LogP contribution in [-0.4, -0.2) is 29.0 Å². The van der Waals surface area contributed by atoms with Gasteiger partial charge in [0.05, 0.1) is 19.0 Å². The van der Waals surface area contributed by atoms with Crippen LogP contribution in [0.1, 0.15) is 16.1 Å². The zero-order chi connectivity index (χ0) is 17.6. The number of nitrogens with one attached hydrogen (secondary N) is 1. The van der Waals surface area contributed by atoms with E-state index >= 15 is 0 Å². The second kappa shape index (κ2) is 7.44. The molecule has 0 saturated carbocycles. The molecule has 0 saturated heterocycles. The van der Waals surface area contributed by atoms with Crippen molar-refractivity contribution in [2.24, 2.45) is 12.0 Å². The van der Waals surface area contributed by atoms with Crippen molar-refractivity contribution in [2.45, 2.75) is 0 Å². The smallest absolute Gasteiger partial charge is 0.276 e. The quantitative estimate of drug-likeness (QED) is 0.727. The van der Waals surface area contributed by atoms with E-state index in [9.17, 15) is 4.79 Å². The van der Waals surface area contributed by atoms with E-state index in [0.29, 0.717) is 22.8 Å². The van der Waals surface area contributed by atoms with E-state index < -0.39 is 0 Å². The lowest BCUT2D eigenvalue weighted by molar-refractivity contribution is 0.101. The van der Waals surface area contributed by atoms with E-state index in [2.05, 4.69) is 15.4 Å². The van der Waals surface area contributed by atoms with Crippen molar-refractivity contribution in [3.05, 3.63) is 72.1 Å². The van der Waals surface area contributed by atoms with Crippen LogP contribution < -0.4 is 10.1 Å². The van der Waals surface area contributed by atoms with E-state index in [0.717, 1.165) is 5.56 Å². The van der Waals surface area contributed by atoms with Gasteiger partial charge < -0.3 is 10.1 Å². The molecular weight excluding hydrogens is 316 g/mol. The number of carbonyl (C=O) groups excluding carboxylic acids is 1. The topological polar surface area (TPSA) is 68.5 Å². The second-order valence-electron chi connectivity index (χ2n) is 5.33. The third-order valence-corrected chi connectivity index (χ3v) is 3.64. The maximum Gasteiger partial charge on any atom is 0.276 e. The van der Waals surface area contributed by atoms with Gasteiger partial charge >= 0.3 is 0 Å². The fourth-order valence-electron chi connectivity index (χ4n) is 2.40. The number of aryl methyl sites for hydroxylation is 1. The molecule has 0 atom stereocenters. The first-order valence-corrected chi connectivity index (χ1v) is 7.74. The molecule has 1 N–H and O–H groups in total. The molecule has 0 bridgehead atoms. The van der Waals surface area contributed by atoms with Crippen molar-refractivity contribution in [3.8, 4) is 5.75 Å². The molecule has 1 amide bonds. The predicted molar refractivity (Wildman–Crippen MR) is 97.9 cm³/mol. The Hall–Kier alpha value is -3.41. The summed E-state index contributed by atoms with van der Waals surface area (Å²) in [6, 6.07) is 16.9. The monoisotopic (exact) mass is 334 g/mol. The molecule has 0 spiro atoms. The van der Waals surface area contributed by atoms with Crippen molar-refractivity contribution < 1.29 is 9.53 Å². The van der Waals surface area contributed by atoms with Gasteiger partial charge in [0, 0.05) is 13.3 Å². The number of anilines is 1. The molecule has 25 heavy (non-hydrogen) atoms. The first kappa shape index (κ1) is 16.4. The Morgan fingerprint density at radius 3 is 2.64 bits per heavy atom. The number of aromatic nitrogens is 2. The molecule has 0 unspecified atom stereocenters. The summed E-state index contributed by atoms with van der Waals surface area (Å²) in [6.07, 6.45) is 3.27. The van der Waals surface area contributed by atoms with Gasteiger partial charge in [-0.05, 0) is 17.7 Å². The summed E-state index contributed by atoms with van der Waals surface area (Å²) in [7, 11) is 3.27. The lowest BCUT2D eigenvalue weighted by atomic mass is 10.2. The van der Waals surface area contributed by atoms with Crippen molar-refractivity contribution in [1.29, 1.82) is 0 Å². The number of methoxy groups -OCH3 is 1. The predicted octanol–water partition coefficient (Wildman–Crippen LogP) is 3.43. The molecule has 6 nitrogen and oxygen atoms in total. The van der Waals surface area contributed by atoms with E-state index in [1.807, 2.05) is 42.5 Å². The van der Waals surface area contributed by atoms with E-state index in [-0.39, 0.29) is 5.91 Å². The fraction of sp³-hybridized carbons (Fsp3) is 0.105. The van der Waals surface area contributed by atoms with Crippen LogP contribution in [0.15, 0.2) is 65.8 Å². The van der Waals surface area contributed by atoms with Crippen LogP contribution >= 0.6 is 0 Å². The molecule has 1 aromatic heterocycles. The van der Waals surface area contributed by atoms with Crippen molar-refractivity contribution >= 4 is 23.5 Å². The molecule has 0 aliphatic rings. The Morgan fingerprint density at radius 1 is 1.16 bits per heavy atom. The highest BCUT2D eigenvalue weighted by Crippen LogP contribution is 2.25. The Balaban J connectivity index is 1.86. The molecule has 0 radical (unpaired) electrons. The summed E-state index contributed by atoms with van der Waals surface area (Å²) < 4.78 is 6.77. The molecule has 3 aromatic rings. The second-order valence-corrected chi connectivity index (χ2v) is 5.33. The van der Waals surface area contributed by atoms with Crippen LogP contribution in [0.5, 0.6) is 5.75 Å².